The number of nitrogens with zero attached hydrogens (tertiary/aromatic N) is 2. The van der Waals surface area contributed by atoms with E-state index in [1.807, 2.05) is 35.0 Å². The largest absolute Gasteiger partial charge is 0.403 e. The van der Waals surface area contributed by atoms with Crippen molar-refractivity contribution in [3.8, 4) is 11.5 Å². The molecule has 23 heavy (non-hydrogen) atoms. The Bertz CT molecular complexity index is 741. The quantitative estimate of drug-likeness (QED) is 0.678. The van der Waals surface area contributed by atoms with Crippen LogP contribution in [0.15, 0.2) is 51.6 Å². The number of benzene rings is 1. The lowest BCUT2D eigenvalue weighted by molar-refractivity contribution is 0.251. The van der Waals surface area contributed by atoms with Gasteiger partial charge in [0.05, 0.1) is 0 Å². The second kappa shape index (κ2) is 7.55. The number of aromatic nitrogens is 2. The smallest absolute Gasteiger partial charge is 0.324 e. The SMILES string of the molecule is O=C(NCCCc1ccccc1)Nc1nnc(-c2ccsc2)o1. The van der Waals surface area contributed by atoms with E-state index >= 15 is 0 Å². The predicted molar refractivity (Wildman–Crippen MR) is 89.4 cm³/mol. The van der Waals surface area contributed by atoms with E-state index in [1.165, 1.54) is 5.56 Å². The summed E-state index contributed by atoms with van der Waals surface area (Å²) in [5, 5.41) is 16.8. The van der Waals surface area contributed by atoms with Gasteiger partial charge in [-0.3, -0.25) is 5.32 Å². The summed E-state index contributed by atoms with van der Waals surface area (Å²) in [6.07, 6.45) is 1.78. The first-order valence-corrected chi connectivity index (χ1v) is 8.20. The Morgan fingerprint density at radius 2 is 2.04 bits per heavy atom. The normalized spacial score (nSPS) is 10.4. The maximum absolute atomic E-state index is 11.8. The molecule has 0 spiro atoms. The van der Waals surface area contributed by atoms with Crippen LogP contribution in [0.3, 0.4) is 0 Å². The third-order valence-corrected chi connectivity index (χ3v) is 3.87. The molecule has 0 fully saturated rings. The van der Waals surface area contributed by atoms with Crippen LogP contribution in [-0.4, -0.2) is 22.8 Å². The Hall–Kier alpha value is -2.67. The zero-order valence-corrected chi connectivity index (χ0v) is 13.2. The zero-order chi connectivity index (χ0) is 15.9. The molecule has 0 aliphatic rings. The molecule has 2 N–H and O–H groups in total. The van der Waals surface area contributed by atoms with Gasteiger partial charge in [-0.15, -0.1) is 5.10 Å². The fourth-order valence-electron chi connectivity index (χ4n) is 2.06. The summed E-state index contributed by atoms with van der Waals surface area (Å²) in [6, 6.07) is 11.8. The third kappa shape index (κ3) is 4.40. The fraction of sp³-hybridized carbons (Fsp3) is 0.188. The number of aryl methyl sites for hydroxylation is 1. The highest BCUT2D eigenvalue weighted by Gasteiger charge is 2.11. The lowest BCUT2D eigenvalue weighted by Gasteiger charge is -2.04. The Morgan fingerprint density at radius 1 is 1.17 bits per heavy atom. The summed E-state index contributed by atoms with van der Waals surface area (Å²) in [5.41, 5.74) is 2.10. The van der Waals surface area contributed by atoms with Gasteiger partial charge in [-0.25, -0.2) is 4.79 Å². The molecule has 1 aromatic carbocycles. The number of urea groups is 1. The number of hydrogen-bond acceptors (Lipinski definition) is 5. The highest BCUT2D eigenvalue weighted by Crippen LogP contribution is 2.21. The summed E-state index contributed by atoms with van der Waals surface area (Å²) in [5.74, 6) is 0.394. The molecule has 0 atom stereocenters. The molecule has 2 heterocycles. The number of carbonyl (C=O) groups is 1. The van der Waals surface area contributed by atoms with Crippen LogP contribution >= 0.6 is 11.3 Å². The van der Waals surface area contributed by atoms with Crippen LogP contribution in [-0.2, 0) is 6.42 Å². The number of carbonyl (C=O) groups excluding carboxylic acids is 1. The minimum atomic E-state index is -0.349. The van der Waals surface area contributed by atoms with Gasteiger partial charge in [0, 0.05) is 17.5 Å². The Kier molecular flexibility index (Phi) is 5.00. The zero-order valence-electron chi connectivity index (χ0n) is 12.4. The van der Waals surface area contributed by atoms with Crippen LogP contribution in [0.2, 0.25) is 0 Å². The van der Waals surface area contributed by atoms with Crippen molar-refractivity contribution < 1.29 is 9.21 Å². The van der Waals surface area contributed by atoms with E-state index in [0.29, 0.717) is 12.4 Å². The van der Waals surface area contributed by atoms with E-state index in [0.717, 1.165) is 18.4 Å². The highest BCUT2D eigenvalue weighted by molar-refractivity contribution is 7.08. The Morgan fingerprint density at radius 3 is 2.83 bits per heavy atom. The summed E-state index contributed by atoms with van der Waals surface area (Å²) in [7, 11) is 0. The number of rotatable bonds is 6. The average molecular weight is 328 g/mol. The van der Waals surface area contributed by atoms with Crippen molar-refractivity contribution in [3.63, 3.8) is 0 Å². The molecule has 0 radical (unpaired) electrons. The first-order valence-electron chi connectivity index (χ1n) is 7.26. The first kappa shape index (κ1) is 15.2. The fourth-order valence-corrected chi connectivity index (χ4v) is 2.69. The number of thiophene rings is 1. The van der Waals surface area contributed by atoms with E-state index < -0.39 is 0 Å². The van der Waals surface area contributed by atoms with Gasteiger partial charge in [0.25, 0.3) is 5.89 Å². The van der Waals surface area contributed by atoms with Crippen LogP contribution in [0, 0.1) is 0 Å². The van der Waals surface area contributed by atoms with Crippen LogP contribution in [0.4, 0.5) is 10.8 Å². The standard InChI is InChI=1S/C16H16N4O2S/c21-15(17-9-4-7-12-5-2-1-3-6-12)18-16-20-19-14(22-16)13-8-10-23-11-13/h1-3,5-6,8,10-11H,4,7,9H2,(H2,17,18,20,21). The summed E-state index contributed by atoms with van der Waals surface area (Å²) in [4.78, 5) is 11.8. The monoisotopic (exact) mass is 328 g/mol. The van der Waals surface area contributed by atoms with Crippen molar-refractivity contribution in [3.05, 3.63) is 52.7 Å². The van der Waals surface area contributed by atoms with Gasteiger partial charge in [-0.2, -0.15) is 11.3 Å². The van der Waals surface area contributed by atoms with Gasteiger partial charge in [0.1, 0.15) is 0 Å². The molecule has 3 rings (SSSR count). The molecule has 0 bridgehead atoms. The molecule has 3 aromatic rings. The first-order chi connectivity index (χ1) is 11.3. The molecular formula is C16H16N4O2S. The molecule has 2 aromatic heterocycles. The molecule has 0 saturated heterocycles. The molecule has 0 saturated carbocycles. The average Bonchev–Trinajstić information content (AvgIpc) is 3.24. The van der Waals surface area contributed by atoms with Gasteiger partial charge in [0.2, 0.25) is 0 Å². The molecular weight excluding hydrogens is 312 g/mol. The van der Waals surface area contributed by atoms with Crippen molar-refractivity contribution in [1.29, 1.82) is 0 Å². The molecule has 0 unspecified atom stereocenters. The van der Waals surface area contributed by atoms with Crippen molar-refractivity contribution in [2.75, 3.05) is 11.9 Å². The van der Waals surface area contributed by atoms with Gasteiger partial charge in [-0.1, -0.05) is 35.4 Å². The van der Waals surface area contributed by atoms with Crippen molar-refractivity contribution in [2.45, 2.75) is 12.8 Å². The number of anilines is 1. The third-order valence-electron chi connectivity index (χ3n) is 3.18. The Labute approximate surface area is 137 Å². The van der Waals surface area contributed by atoms with Gasteiger partial charge < -0.3 is 9.73 Å². The van der Waals surface area contributed by atoms with E-state index in [-0.39, 0.29) is 12.0 Å². The second-order valence-electron chi connectivity index (χ2n) is 4.89. The van der Waals surface area contributed by atoms with Gasteiger partial charge in [0.15, 0.2) is 0 Å². The second-order valence-corrected chi connectivity index (χ2v) is 5.67. The molecule has 118 valence electrons. The maximum Gasteiger partial charge on any atom is 0.324 e. The number of amides is 2. The summed E-state index contributed by atoms with van der Waals surface area (Å²) in [6.45, 7) is 0.576. The molecule has 6 nitrogen and oxygen atoms in total. The van der Waals surface area contributed by atoms with Crippen LogP contribution in [0.1, 0.15) is 12.0 Å². The summed E-state index contributed by atoms with van der Waals surface area (Å²) < 4.78 is 5.39. The Balaban J connectivity index is 1.41. The van der Waals surface area contributed by atoms with E-state index in [4.69, 9.17) is 4.42 Å². The maximum atomic E-state index is 11.8. The molecule has 0 aliphatic carbocycles. The van der Waals surface area contributed by atoms with Crippen molar-refractivity contribution in [2.24, 2.45) is 0 Å². The lowest BCUT2D eigenvalue weighted by atomic mass is 10.1. The van der Waals surface area contributed by atoms with E-state index in [2.05, 4.69) is 33.0 Å². The highest BCUT2D eigenvalue weighted by atomic mass is 32.1. The molecule has 0 aliphatic heterocycles. The predicted octanol–water partition coefficient (Wildman–Crippen LogP) is 3.55. The van der Waals surface area contributed by atoms with Gasteiger partial charge >= 0.3 is 12.0 Å². The minimum Gasteiger partial charge on any atom is -0.403 e. The van der Waals surface area contributed by atoms with Crippen LogP contribution in [0.25, 0.3) is 11.5 Å². The minimum absolute atomic E-state index is 0.0896. The molecule has 2 amide bonds. The van der Waals surface area contributed by atoms with Gasteiger partial charge in [-0.05, 0) is 29.9 Å². The van der Waals surface area contributed by atoms with Crippen LogP contribution in [0.5, 0.6) is 0 Å². The number of nitrogens with one attached hydrogen (secondary N) is 2. The number of hydrogen-bond donors (Lipinski definition) is 2. The molecule has 7 heteroatoms. The van der Waals surface area contributed by atoms with Crippen LogP contribution < -0.4 is 10.6 Å². The van der Waals surface area contributed by atoms with Crippen molar-refractivity contribution >= 4 is 23.4 Å². The topological polar surface area (TPSA) is 80.0 Å². The lowest BCUT2D eigenvalue weighted by Crippen LogP contribution is -2.29. The van der Waals surface area contributed by atoms with E-state index in [9.17, 15) is 4.79 Å². The summed E-state index contributed by atoms with van der Waals surface area (Å²) >= 11 is 1.54. The van der Waals surface area contributed by atoms with E-state index in [1.54, 1.807) is 11.3 Å². The van der Waals surface area contributed by atoms with Crippen molar-refractivity contribution in [1.82, 2.24) is 15.5 Å².